The molecule has 2 nitrogen and oxygen atoms in total. The molecule has 1 N–H and O–H groups in total. The first-order chi connectivity index (χ1) is 9.33. The van der Waals surface area contributed by atoms with Crippen LogP contribution in [0.25, 0.3) is 6.08 Å². The van der Waals surface area contributed by atoms with Gasteiger partial charge in [0.1, 0.15) is 0 Å². The van der Waals surface area contributed by atoms with Crippen molar-refractivity contribution >= 4 is 6.08 Å². The van der Waals surface area contributed by atoms with Crippen LogP contribution >= 0.6 is 0 Å². The second-order valence-corrected chi connectivity index (χ2v) is 5.95. The summed E-state index contributed by atoms with van der Waals surface area (Å²) in [5, 5.41) is 3.57. The number of rotatable bonds is 3. The molecule has 0 radical (unpaired) electrons. The molecule has 2 atom stereocenters. The lowest BCUT2D eigenvalue weighted by molar-refractivity contribution is 0.221. The van der Waals surface area contributed by atoms with Gasteiger partial charge < -0.3 is 5.32 Å². The van der Waals surface area contributed by atoms with E-state index in [2.05, 4.69) is 53.5 Å². The molecule has 2 aliphatic heterocycles. The highest BCUT2D eigenvalue weighted by Gasteiger charge is 2.34. The number of hydrogen-bond acceptors (Lipinski definition) is 2. The van der Waals surface area contributed by atoms with Crippen molar-refractivity contribution in [3.63, 3.8) is 0 Å². The molecule has 2 saturated heterocycles. The Balaban J connectivity index is 1.69. The molecular weight excluding hydrogens is 232 g/mol. The molecule has 2 fully saturated rings. The van der Waals surface area contributed by atoms with Crippen LogP contribution in [0.15, 0.2) is 35.9 Å². The van der Waals surface area contributed by atoms with E-state index in [9.17, 15) is 0 Å². The zero-order valence-electron chi connectivity index (χ0n) is 11.8. The number of hydrogen-bond donors (Lipinski definition) is 1. The molecule has 1 aromatic rings. The van der Waals surface area contributed by atoms with E-state index in [4.69, 9.17) is 0 Å². The van der Waals surface area contributed by atoms with Crippen LogP contribution in [0.2, 0.25) is 0 Å². The van der Waals surface area contributed by atoms with Gasteiger partial charge in [0.25, 0.3) is 0 Å². The molecule has 102 valence electrons. The highest BCUT2D eigenvalue weighted by atomic mass is 15.2. The van der Waals surface area contributed by atoms with E-state index in [0.717, 1.165) is 18.6 Å². The third kappa shape index (κ3) is 3.07. The van der Waals surface area contributed by atoms with E-state index in [1.165, 1.54) is 43.5 Å². The predicted molar refractivity (Wildman–Crippen MR) is 81.1 cm³/mol. The van der Waals surface area contributed by atoms with Gasteiger partial charge >= 0.3 is 0 Å². The minimum atomic E-state index is 0.756. The molecule has 0 unspecified atom stereocenters. The molecule has 0 saturated carbocycles. The number of nitrogens with one attached hydrogen (secondary N) is 1. The standard InChI is InChI=1S/C17H24N2/c1-14(11-15-5-3-2-4-6-15)13-19-16-7-8-17(19)12-18-10-9-16/h2-6,11,16-18H,7-10,12-13H2,1H3/b14-11+/t16-,17+/m0/s1. The van der Waals surface area contributed by atoms with Crippen LogP contribution in [-0.4, -0.2) is 36.6 Å². The predicted octanol–water partition coefficient (Wildman–Crippen LogP) is 2.92. The van der Waals surface area contributed by atoms with E-state index in [1.807, 2.05) is 0 Å². The molecule has 19 heavy (non-hydrogen) atoms. The Labute approximate surface area is 116 Å². The number of nitrogens with zero attached hydrogens (tertiary/aromatic N) is 1. The molecule has 2 aliphatic rings. The van der Waals surface area contributed by atoms with Gasteiger partial charge in [-0.2, -0.15) is 0 Å². The van der Waals surface area contributed by atoms with Crippen LogP contribution in [0.1, 0.15) is 31.7 Å². The van der Waals surface area contributed by atoms with Crippen molar-refractivity contribution in [1.29, 1.82) is 0 Å². The molecule has 3 rings (SSSR count). The largest absolute Gasteiger partial charge is 0.315 e. The average Bonchev–Trinajstić information content (AvgIpc) is 2.64. The molecule has 2 heteroatoms. The van der Waals surface area contributed by atoms with Crippen molar-refractivity contribution in [3.05, 3.63) is 41.5 Å². The van der Waals surface area contributed by atoms with Crippen LogP contribution in [0.5, 0.6) is 0 Å². The lowest BCUT2D eigenvalue weighted by Crippen LogP contribution is -2.38. The maximum Gasteiger partial charge on any atom is 0.0227 e. The Kier molecular flexibility index (Phi) is 4.00. The highest BCUT2D eigenvalue weighted by molar-refractivity contribution is 5.52. The summed E-state index contributed by atoms with van der Waals surface area (Å²) in [5.74, 6) is 0. The van der Waals surface area contributed by atoms with Gasteiger partial charge in [-0.1, -0.05) is 42.0 Å². The van der Waals surface area contributed by atoms with Crippen molar-refractivity contribution in [3.8, 4) is 0 Å². The second kappa shape index (κ2) is 5.89. The quantitative estimate of drug-likeness (QED) is 0.894. The summed E-state index contributed by atoms with van der Waals surface area (Å²) in [7, 11) is 0. The van der Waals surface area contributed by atoms with Gasteiger partial charge in [-0.25, -0.2) is 0 Å². The van der Waals surface area contributed by atoms with E-state index in [1.54, 1.807) is 0 Å². The summed E-state index contributed by atoms with van der Waals surface area (Å²) in [6.45, 7) is 5.77. The number of benzene rings is 1. The summed E-state index contributed by atoms with van der Waals surface area (Å²) in [4.78, 5) is 2.73. The lowest BCUT2D eigenvalue weighted by Gasteiger charge is -2.27. The summed E-state index contributed by atoms with van der Waals surface area (Å²) < 4.78 is 0. The van der Waals surface area contributed by atoms with E-state index >= 15 is 0 Å². The van der Waals surface area contributed by atoms with Gasteiger partial charge in [-0.05, 0) is 38.3 Å². The maximum absolute atomic E-state index is 3.57. The average molecular weight is 256 g/mol. The van der Waals surface area contributed by atoms with E-state index in [-0.39, 0.29) is 0 Å². The Bertz CT molecular complexity index is 424. The molecule has 1 aromatic carbocycles. The van der Waals surface area contributed by atoms with Gasteiger partial charge in [0.15, 0.2) is 0 Å². The Morgan fingerprint density at radius 1 is 1.21 bits per heavy atom. The Morgan fingerprint density at radius 3 is 2.84 bits per heavy atom. The van der Waals surface area contributed by atoms with Gasteiger partial charge in [0.2, 0.25) is 0 Å². The van der Waals surface area contributed by atoms with Crippen molar-refractivity contribution in [2.45, 2.75) is 38.3 Å². The zero-order chi connectivity index (χ0) is 13.1. The fourth-order valence-corrected chi connectivity index (χ4v) is 3.51. The van der Waals surface area contributed by atoms with Gasteiger partial charge in [0, 0.05) is 25.2 Å². The Morgan fingerprint density at radius 2 is 2.00 bits per heavy atom. The van der Waals surface area contributed by atoms with Crippen molar-refractivity contribution in [2.24, 2.45) is 0 Å². The molecule has 0 aliphatic carbocycles. The first-order valence-electron chi connectivity index (χ1n) is 7.51. The van der Waals surface area contributed by atoms with Crippen molar-refractivity contribution < 1.29 is 0 Å². The molecule has 0 aromatic heterocycles. The van der Waals surface area contributed by atoms with Crippen LogP contribution in [-0.2, 0) is 0 Å². The maximum atomic E-state index is 3.57. The normalized spacial score (nSPS) is 28.4. The summed E-state index contributed by atoms with van der Waals surface area (Å²) in [6, 6.07) is 12.2. The summed E-state index contributed by atoms with van der Waals surface area (Å²) in [6.07, 6.45) is 6.41. The molecule has 2 bridgehead atoms. The van der Waals surface area contributed by atoms with Crippen LogP contribution in [0.3, 0.4) is 0 Å². The molecule has 2 heterocycles. The molecule has 0 spiro atoms. The van der Waals surface area contributed by atoms with E-state index in [0.29, 0.717) is 0 Å². The summed E-state index contributed by atoms with van der Waals surface area (Å²) in [5.41, 5.74) is 2.80. The topological polar surface area (TPSA) is 15.3 Å². The monoisotopic (exact) mass is 256 g/mol. The smallest absolute Gasteiger partial charge is 0.0227 e. The van der Waals surface area contributed by atoms with Gasteiger partial charge in [0.05, 0.1) is 0 Å². The Hall–Kier alpha value is -1.12. The van der Waals surface area contributed by atoms with Gasteiger partial charge in [-0.15, -0.1) is 0 Å². The van der Waals surface area contributed by atoms with Crippen LogP contribution in [0, 0.1) is 0 Å². The van der Waals surface area contributed by atoms with Crippen molar-refractivity contribution in [2.75, 3.05) is 19.6 Å². The third-order valence-electron chi connectivity index (χ3n) is 4.45. The first kappa shape index (κ1) is 12.9. The fraction of sp³-hybridized carbons (Fsp3) is 0.529. The lowest BCUT2D eigenvalue weighted by atomic mass is 10.1. The minimum absolute atomic E-state index is 0.756. The first-order valence-corrected chi connectivity index (χ1v) is 7.51. The third-order valence-corrected chi connectivity index (χ3v) is 4.45. The van der Waals surface area contributed by atoms with Crippen LogP contribution in [0.4, 0.5) is 0 Å². The fourth-order valence-electron chi connectivity index (χ4n) is 3.51. The second-order valence-electron chi connectivity index (χ2n) is 5.95. The highest BCUT2D eigenvalue weighted by Crippen LogP contribution is 2.28. The molecule has 0 amide bonds. The van der Waals surface area contributed by atoms with Crippen molar-refractivity contribution in [1.82, 2.24) is 10.2 Å². The van der Waals surface area contributed by atoms with Gasteiger partial charge in [-0.3, -0.25) is 4.90 Å². The van der Waals surface area contributed by atoms with Crippen LogP contribution < -0.4 is 5.32 Å². The number of fused-ring (bicyclic) bond motifs is 2. The zero-order valence-corrected chi connectivity index (χ0v) is 11.8. The molecular formula is C17H24N2. The SMILES string of the molecule is C/C(=C\c1ccccc1)CN1[C@@H]2CCNC[C@H]1CC2. The minimum Gasteiger partial charge on any atom is -0.315 e. The van der Waals surface area contributed by atoms with E-state index < -0.39 is 0 Å². The summed E-state index contributed by atoms with van der Waals surface area (Å²) >= 11 is 0.